The average Bonchev–Trinajstić information content (AvgIpc) is 2.75. The zero-order valence-electron chi connectivity index (χ0n) is 12.9. The number of ether oxygens (including phenoxy) is 2. The summed E-state index contributed by atoms with van der Waals surface area (Å²) in [5, 5.41) is 0. The number of nitrogens with zero attached hydrogens (tertiary/aromatic N) is 1. The van der Waals surface area contributed by atoms with Crippen LogP contribution in [0.5, 0.6) is 11.5 Å². The van der Waals surface area contributed by atoms with Gasteiger partial charge in [0.1, 0.15) is 0 Å². The third kappa shape index (κ3) is 3.25. The Morgan fingerprint density at radius 3 is 2.50 bits per heavy atom. The molecule has 1 aromatic carbocycles. The van der Waals surface area contributed by atoms with Crippen molar-refractivity contribution >= 4 is 0 Å². The summed E-state index contributed by atoms with van der Waals surface area (Å²) in [5.41, 5.74) is 7.45. The van der Waals surface area contributed by atoms with Crippen LogP contribution in [0, 0.1) is 5.92 Å². The molecule has 0 spiro atoms. The van der Waals surface area contributed by atoms with Crippen molar-refractivity contribution in [2.24, 2.45) is 11.7 Å². The van der Waals surface area contributed by atoms with Gasteiger partial charge in [0.15, 0.2) is 11.5 Å². The number of likely N-dealkylation sites (tertiary alicyclic amines) is 1. The normalized spacial score (nSPS) is 24.6. The number of hydrogen-bond donors (Lipinski definition) is 1. The number of nitrogens with two attached hydrogens (primary N) is 1. The zero-order valence-corrected chi connectivity index (χ0v) is 12.9. The van der Waals surface area contributed by atoms with Gasteiger partial charge in [-0.05, 0) is 37.0 Å². The van der Waals surface area contributed by atoms with Crippen molar-refractivity contribution in [3.63, 3.8) is 0 Å². The van der Waals surface area contributed by atoms with Crippen LogP contribution in [-0.2, 0) is 0 Å². The van der Waals surface area contributed by atoms with E-state index in [0.29, 0.717) is 6.04 Å². The fourth-order valence-corrected chi connectivity index (χ4v) is 3.08. The van der Waals surface area contributed by atoms with Crippen molar-refractivity contribution in [2.75, 3.05) is 27.3 Å². The molecule has 1 aliphatic rings. The molecule has 0 bridgehead atoms. The molecule has 4 nitrogen and oxygen atoms in total. The van der Waals surface area contributed by atoms with E-state index < -0.39 is 0 Å². The smallest absolute Gasteiger partial charge is 0.161 e. The summed E-state index contributed by atoms with van der Waals surface area (Å²) < 4.78 is 10.6. The summed E-state index contributed by atoms with van der Waals surface area (Å²) in [7, 11) is 3.29. The fraction of sp³-hybridized carbons (Fsp3) is 0.625. The minimum Gasteiger partial charge on any atom is -0.493 e. The molecule has 0 aliphatic carbocycles. The van der Waals surface area contributed by atoms with E-state index in [1.54, 1.807) is 14.2 Å². The van der Waals surface area contributed by atoms with Gasteiger partial charge >= 0.3 is 0 Å². The molecule has 1 saturated heterocycles. The van der Waals surface area contributed by atoms with E-state index in [1.807, 2.05) is 18.2 Å². The Morgan fingerprint density at radius 1 is 1.25 bits per heavy atom. The van der Waals surface area contributed by atoms with Crippen LogP contribution in [0.3, 0.4) is 0 Å². The third-order valence-corrected chi connectivity index (χ3v) is 4.18. The van der Waals surface area contributed by atoms with E-state index in [4.69, 9.17) is 15.2 Å². The molecule has 1 aromatic rings. The molecule has 3 atom stereocenters. The molecule has 4 heteroatoms. The highest BCUT2D eigenvalue weighted by Gasteiger charge is 2.27. The van der Waals surface area contributed by atoms with Gasteiger partial charge < -0.3 is 15.2 Å². The van der Waals surface area contributed by atoms with Gasteiger partial charge in [-0.3, -0.25) is 4.90 Å². The molecular formula is C16H26N2O2. The van der Waals surface area contributed by atoms with E-state index in [2.05, 4.69) is 18.7 Å². The molecule has 0 amide bonds. The maximum Gasteiger partial charge on any atom is 0.161 e. The number of hydrogen-bond acceptors (Lipinski definition) is 4. The number of benzene rings is 1. The molecule has 0 radical (unpaired) electrons. The molecule has 0 aromatic heterocycles. The highest BCUT2D eigenvalue weighted by Crippen LogP contribution is 2.30. The maximum atomic E-state index is 6.36. The first-order valence-electron chi connectivity index (χ1n) is 7.26. The Hall–Kier alpha value is -1.26. The van der Waals surface area contributed by atoms with Gasteiger partial charge in [-0.1, -0.05) is 13.0 Å². The topological polar surface area (TPSA) is 47.7 Å². The largest absolute Gasteiger partial charge is 0.493 e. The van der Waals surface area contributed by atoms with Crippen molar-refractivity contribution in [3.05, 3.63) is 23.8 Å². The second kappa shape index (κ2) is 6.46. The molecule has 3 unspecified atom stereocenters. The summed E-state index contributed by atoms with van der Waals surface area (Å²) in [6.07, 6.45) is 1.26. The molecule has 1 fully saturated rings. The fourth-order valence-electron chi connectivity index (χ4n) is 3.08. The predicted octanol–water partition coefficient (Wildman–Crippen LogP) is 2.43. The van der Waals surface area contributed by atoms with E-state index in [1.165, 1.54) is 6.42 Å². The highest BCUT2D eigenvalue weighted by molar-refractivity contribution is 5.43. The van der Waals surface area contributed by atoms with Crippen molar-refractivity contribution in [3.8, 4) is 11.5 Å². The second-order valence-corrected chi connectivity index (χ2v) is 5.86. The first kappa shape index (κ1) is 15.1. The summed E-state index contributed by atoms with van der Waals surface area (Å²) in [6.45, 7) is 6.62. The standard InChI is InChI=1S/C16H26N2O2/c1-11-7-12(2)18(9-11)10-14(17)13-5-6-15(19-3)16(8-13)20-4/h5-6,8,11-12,14H,7,9-10,17H2,1-4H3. The number of rotatable bonds is 5. The number of methoxy groups -OCH3 is 2. The molecule has 2 rings (SSSR count). The Labute approximate surface area is 121 Å². The molecule has 20 heavy (non-hydrogen) atoms. The van der Waals surface area contributed by atoms with Crippen LogP contribution >= 0.6 is 0 Å². The summed E-state index contributed by atoms with van der Waals surface area (Å²) >= 11 is 0. The lowest BCUT2D eigenvalue weighted by Gasteiger charge is -2.25. The van der Waals surface area contributed by atoms with Crippen LogP contribution in [0.2, 0.25) is 0 Å². The van der Waals surface area contributed by atoms with E-state index in [9.17, 15) is 0 Å². The van der Waals surface area contributed by atoms with E-state index >= 15 is 0 Å². The lowest BCUT2D eigenvalue weighted by atomic mass is 10.1. The summed E-state index contributed by atoms with van der Waals surface area (Å²) in [6, 6.07) is 6.55. The van der Waals surface area contributed by atoms with Crippen molar-refractivity contribution in [1.82, 2.24) is 4.90 Å². The molecule has 1 heterocycles. The van der Waals surface area contributed by atoms with Crippen molar-refractivity contribution < 1.29 is 9.47 Å². The van der Waals surface area contributed by atoms with Crippen LogP contribution in [-0.4, -0.2) is 38.3 Å². The van der Waals surface area contributed by atoms with Crippen LogP contribution in [0.4, 0.5) is 0 Å². The van der Waals surface area contributed by atoms with Gasteiger partial charge in [-0.15, -0.1) is 0 Å². The molecule has 112 valence electrons. The average molecular weight is 278 g/mol. The van der Waals surface area contributed by atoms with Gasteiger partial charge in [-0.2, -0.15) is 0 Å². The predicted molar refractivity (Wildman–Crippen MR) is 81.3 cm³/mol. The van der Waals surface area contributed by atoms with Crippen LogP contribution < -0.4 is 15.2 Å². The molecule has 0 saturated carbocycles. The summed E-state index contributed by atoms with van der Waals surface area (Å²) in [5.74, 6) is 2.25. The van der Waals surface area contributed by atoms with E-state index in [0.717, 1.165) is 36.1 Å². The Balaban J connectivity index is 2.07. The van der Waals surface area contributed by atoms with Gasteiger partial charge in [0.25, 0.3) is 0 Å². The minimum absolute atomic E-state index is 0.00237. The lowest BCUT2D eigenvalue weighted by molar-refractivity contribution is 0.249. The third-order valence-electron chi connectivity index (χ3n) is 4.18. The molecule has 1 aliphatic heterocycles. The van der Waals surface area contributed by atoms with Crippen LogP contribution in [0.15, 0.2) is 18.2 Å². The Kier molecular flexibility index (Phi) is 4.89. The molecular weight excluding hydrogens is 252 g/mol. The van der Waals surface area contributed by atoms with E-state index in [-0.39, 0.29) is 6.04 Å². The highest BCUT2D eigenvalue weighted by atomic mass is 16.5. The SMILES string of the molecule is COc1ccc(C(N)CN2CC(C)CC2C)cc1OC. The monoisotopic (exact) mass is 278 g/mol. The molecule has 2 N–H and O–H groups in total. The Bertz CT molecular complexity index is 450. The van der Waals surface area contributed by atoms with Crippen LogP contribution in [0.25, 0.3) is 0 Å². The van der Waals surface area contributed by atoms with Gasteiger partial charge in [0.2, 0.25) is 0 Å². The van der Waals surface area contributed by atoms with Gasteiger partial charge in [0.05, 0.1) is 14.2 Å². The van der Waals surface area contributed by atoms with Crippen molar-refractivity contribution in [2.45, 2.75) is 32.4 Å². The maximum absolute atomic E-state index is 6.36. The summed E-state index contributed by atoms with van der Waals surface area (Å²) in [4.78, 5) is 2.48. The zero-order chi connectivity index (χ0) is 14.7. The minimum atomic E-state index is 0.00237. The van der Waals surface area contributed by atoms with Gasteiger partial charge in [-0.25, -0.2) is 0 Å². The van der Waals surface area contributed by atoms with Crippen molar-refractivity contribution in [1.29, 1.82) is 0 Å². The lowest BCUT2D eigenvalue weighted by Crippen LogP contribution is -2.34. The Morgan fingerprint density at radius 2 is 1.95 bits per heavy atom. The first-order chi connectivity index (χ1) is 9.55. The second-order valence-electron chi connectivity index (χ2n) is 5.86. The van der Waals surface area contributed by atoms with Crippen LogP contribution in [0.1, 0.15) is 31.9 Å². The quantitative estimate of drug-likeness (QED) is 0.898. The first-order valence-corrected chi connectivity index (χ1v) is 7.26. The van der Waals surface area contributed by atoms with Gasteiger partial charge in [0, 0.05) is 25.2 Å².